The Morgan fingerprint density at radius 2 is 1.73 bits per heavy atom. The van der Waals surface area contributed by atoms with Crippen LogP contribution >= 0.6 is 0 Å². The fraction of sp³-hybridized carbons (Fsp3) is 0.300. The van der Waals surface area contributed by atoms with Crippen LogP contribution in [0.4, 0.5) is 14.5 Å². The fourth-order valence-electron chi connectivity index (χ4n) is 6.16. The molecule has 3 aromatic rings. The summed E-state index contributed by atoms with van der Waals surface area (Å²) in [7, 11) is 0. The summed E-state index contributed by atoms with van der Waals surface area (Å²) in [6.45, 7) is 0.332. The van der Waals surface area contributed by atoms with E-state index in [0.717, 1.165) is 22.7 Å². The molecule has 0 bridgehead atoms. The van der Waals surface area contributed by atoms with Crippen molar-refractivity contribution in [3.05, 3.63) is 86.0 Å². The maximum atomic E-state index is 15.7. The SMILES string of the molecule is N#CC(CN1C(=O)c2ccccc2C1=O)=C1CCN(c2c(F)cc3c(=O)c(C(=O)O)cn4c3c2CCC(F)C4)CC1. The summed E-state index contributed by atoms with van der Waals surface area (Å²) in [4.78, 5) is 53.0. The number of halogens is 2. The van der Waals surface area contributed by atoms with Crippen LogP contribution < -0.4 is 10.3 Å². The summed E-state index contributed by atoms with van der Waals surface area (Å²) in [5.74, 6) is -3.06. The van der Waals surface area contributed by atoms with Gasteiger partial charge in [-0.15, -0.1) is 0 Å². The van der Waals surface area contributed by atoms with Gasteiger partial charge in [0.15, 0.2) is 0 Å². The summed E-state index contributed by atoms with van der Waals surface area (Å²) in [6, 6.07) is 9.68. The van der Waals surface area contributed by atoms with Crippen molar-refractivity contribution in [2.75, 3.05) is 24.5 Å². The quantitative estimate of drug-likeness (QED) is 0.381. The number of hydrogen-bond acceptors (Lipinski definition) is 6. The van der Waals surface area contributed by atoms with Gasteiger partial charge in [-0.25, -0.2) is 13.6 Å². The Morgan fingerprint density at radius 3 is 2.34 bits per heavy atom. The molecule has 1 atom stereocenters. The molecule has 4 heterocycles. The molecule has 11 heteroatoms. The molecular weight excluding hydrogens is 534 g/mol. The lowest BCUT2D eigenvalue weighted by Crippen LogP contribution is -2.35. The summed E-state index contributed by atoms with van der Waals surface area (Å²) in [6.07, 6.45) is 0.826. The molecule has 3 aliphatic heterocycles. The fourth-order valence-corrected chi connectivity index (χ4v) is 6.16. The average molecular weight is 559 g/mol. The van der Waals surface area contributed by atoms with Crippen molar-refractivity contribution < 1.29 is 28.3 Å². The number of pyridine rings is 1. The lowest BCUT2D eigenvalue weighted by atomic mass is 9.95. The highest BCUT2D eigenvalue weighted by molar-refractivity contribution is 6.21. The van der Waals surface area contributed by atoms with Crippen molar-refractivity contribution in [1.82, 2.24) is 9.47 Å². The van der Waals surface area contributed by atoms with E-state index in [4.69, 9.17) is 0 Å². The Kier molecular flexibility index (Phi) is 6.41. The van der Waals surface area contributed by atoms with Gasteiger partial charge >= 0.3 is 5.97 Å². The van der Waals surface area contributed by atoms with E-state index in [2.05, 4.69) is 6.07 Å². The van der Waals surface area contributed by atoms with Crippen molar-refractivity contribution in [2.45, 2.75) is 38.4 Å². The Morgan fingerprint density at radius 1 is 1.07 bits per heavy atom. The maximum Gasteiger partial charge on any atom is 0.341 e. The first-order valence-electron chi connectivity index (χ1n) is 13.3. The zero-order chi connectivity index (χ0) is 29.0. The van der Waals surface area contributed by atoms with Crippen molar-refractivity contribution in [3.8, 4) is 6.07 Å². The number of aryl methyl sites for hydroxylation is 1. The van der Waals surface area contributed by atoms with E-state index >= 15 is 4.39 Å². The number of carbonyl (C=O) groups is 3. The number of alkyl halides is 1. The number of aromatic carboxylic acids is 1. The number of carboxylic acid groups (broad SMARTS) is 1. The van der Waals surface area contributed by atoms with E-state index in [-0.39, 0.29) is 37.0 Å². The highest BCUT2D eigenvalue weighted by Crippen LogP contribution is 2.37. The lowest BCUT2D eigenvalue weighted by Gasteiger charge is -2.33. The van der Waals surface area contributed by atoms with Crippen molar-refractivity contribution in [1.29, 1.82) is 5.26 Å². The van der Waals surface area contributed by atoms with Crippen molar-refractivity contribution >= 4 is 34.4 Å². The first-order chi connectivity index (χ1) is 19.7. The second-order valence-electron chi connectivity index (χ2n) is 10.5. The maximum absolute atomic E-state index is 15.7. The number of carbonyl (C=O) groups excluding carboxylic acids is 2. The van der Waals surface area contributed by atoms with Crippen LogP contribution in [0, 0.1) is 17.1 Å². The first-order valence-corrected chi connectivity index (χ1v) is 13.3. The van der Waals surface area contributed by atoms with Gasteiger partial charge in [-0.05, 0) is 43.9 Å². The third-order valence-corrected chi connectivity index (χ3v) is 8.16. The van der Waals surface area contributed by atoms with Gasteiger partial charge in [-0.1, -0.05) is 17.7 Å². The molecule has 0 saturated carbocycles. The average Bonchev–Trinajstić information content (AvgIpc) is 3.08. The van der Waals surface area contributed by atoms with Gasteiger partial charge in [0.25, 0.3) is 11.8 Å². The molecular formula is C30H24F2N4O5. The Balaban J connectivity index is 1.32. The number of amides is 2. The van der Waals surface area contributed by atoms with Crippen LogP contribution in [0.1, 0.15) is 55.9 Å². The summed E-state index contributed by atoms with van der Waals surface area (Å²) < 4.78 is 31.8. The molecule has 1 fully saturated rings. The molecule has 6 rings (SSSR count). The smallest absolute Gasteiger partial charge is 0.341 e. The lowest BCUT2D eigenvalue weighted by molar-refractivity contribution is 0.0663. The van der Waals surface area contributed by atoms with Gasteiger partial charge < -0.3 is 14.6 Å². The van der Waals surface area contributed by atoms with E-state index in [0.29, 0.717) is 53.7 Å². The standard InChI is InChI=1S/C30H24F2N4O5/c31-18-5-6-21-25-22(27(37)23(30(40)41)15-35(25)14-18)11-24(32)26(21)34-9-7-16(8-10-34)17(12-33)13-36-28(38)19-3-1-2-4-20(19)29(36)39/h1-4,11,15,18H,5-10,13-14H2,(H,40,41). The van der Waals surface area contributed by atoms with E-state index < -0.39 is 40.8 Å². The van der Waals surface area contributed by atoms with E-state index in [1.807, 2.05) is 0 Å². The zero-order valence-corrected chi connectivity index (χ0v) is 21.8. The Labute approximate surface area is 232 Å². The molecule has 0 radical (unpaired) electrons. The Hall–Kier alpha value is -4.85. The van der Waals surface area contributed by atoms with Gasteiger partial charge in [0.2, 0.25) is 5.43 Å². The number of imide groups is 1. The molecule has 1 N–H and O–H groups in total. The predicted octanol–water partition coefficient (Wildman–Crippen LogP) is 3.84. The van der Waals surface area contributed by atoms with Crippen LogP contribution in [-0.4, -0.2) is 58.2 Å². The minimum atomic E-state index is -1.46. The van der Waals surface area contributed by atoms with Crippen LogP contribution in [0.5, 0.6) is 0 Å². The summed E-state index contributed by atoms with van der Waals surface area (Å²) in [5, 5.41) is 19.3. The second kappa shape index (κ2) is 9.96. The third-order valence-electron chi connectivity index (χ3n) is 8.16. The molecule has 1 saturated heterocycles. The molecule has 1 unspecified atom stereocenters. The molecule has 0 spiro atoms. The van der Waals surface area contributed by atoms with Crippen LogP contribution in [0.25, 0.3) is 10.9 Å². The van der Waals surface area contributed by atoms with Crippen molar-refractivity contribution in [2.24, 2.45) is 0 Å². The molecule has 41 heavy (non-hydrogen) atoms. The molecule has 208 valence electrons. The number of piperidine rings is 1. The highest BCUT2D eigenvalue weighted by atomic mass is 19.1. The van der Waals surface area contributed by atoms with Gasteiger partial charge in [0.1, 0.15) is 17.6 Å². The van der Waals surface area contributed by atoms with Crippen LogP contribution in [0.2, 0.25) is 0 Å². The number of carboxylic acids is 1. The third kappa shape index (κ3) is 4.27. The number of hydrogen-bond donors (Lipinski definition) is 1. The van der Waals surface area contributed by atoms with Gasteiger partial charge in [0.05, 0.1) is 41.5 Å². The van der Waals surface area contributed by atoms with E-state index in [1.54, 1.807) is 29.2 Å². The topological polar surface area (TPSA) is 124 Å². The number of rotatable bonds is 4. The van der Waals surface area contributed by atoms with Crippen LogP contribution in [0.3, 0.4) is 0 Å². The first kappa shape index (κ1) is 26.4. The monoisotopic (exact) mass is 558 g/mol. The summed E-state index contributed by atoms with van der Waals surface area (Å²) in [5.41, 5.74) is 1.34. The largest absolute Gasteiger partial charge is 0.477 e. The molecule has 1 aromatic heterocycles. The summed E-state index contributed by atoms with van der Waals surface area (Å²) >= 11 is 0. The van der Waals surface area contributed by atoms with Gasteiger partial charge in [-0.2, -0.15) is 5.26 Å². The number of aromatic nitrogens is 1. The molecule has 2 aromatic carbocycles. The van der Waals surface area contributed by atoms with Crippen LogP contribution in [0.15, 0.2) is 52.5 Å². The van der Waals surface area contributed by atoms with E-state index in [9.17, 15) is 33.9 Å². The molecule has 9 nitrogen and oxygen atoms in total. The number of nitriles is 1. The minimum Gasteiger partial charge on any atom is -0.477 e. The molecule has 3 aliphatic rings. The van der Waals surface area contributed by atoms with Crippen LogP contribution in [-0.2, 0) is 13.0 Å². The van der Waals surface area contributed by atoms with Gasteiger partial charge in [-0.3, -0.25) is 19.3 Å². The van der Waals surface area contributed by atoms with E-state index in [1.165, 1.54) is 4.57 Å². The van der Waals surface area contributed by atoms with Gasteiger partial charge in [0, 0.05) is 35.8 Å². The Bertz CT molecular complexity index is 1760. The second-order valence-corrected chi connectivity index (χ2v) is 10.5. The zero-order valence-electron chi connectivity index (χ0n) is 21.8. The number of fused-ring (bicyclic) bond motifs is 1. The minimum absolute atomic E-state index is 0.0850. The molecule has 2 amide bonds. The molecule has 0 aliphatic carbocycles. The number of benzene rings is 2. The number of nitrogens with zero attached hydrogens (tertiary/aromatic N) is 4. The predicted molar refractivity (Wildman–Crippen MR) is 144 cm³/mol. The van der Waals surface area contributed by atoms with Crippen molar-refractivity contribution in [3.63, 3.8) is 0 Å². The number of anilines is 1. The highest BCUT2D eigenvalue weighted by Gasteiger charge is 2.36. The normalized spacial score (nSPS) is 18.4.